The predicted octanol–water partition coefficient (Wildman–Crippen LogP) is 1.12. The van der Waals surface area contributed by atoms with Crippen LogP contribution in [0, 0.1) is 34.5 Å². The molecule has 0 radical (unpaired) electrons. The molecule has 7 bridgehead atoms. The van der Waals surface area contributed by atoms with E-state index in [-0.39, 0.29) is 36.8 Å². The summed E-state index contributed by atoms with van der Waals surface area (Å²) in [5.41, 5.74) is -3.92. The molecule has 0 amide bonds. The average Bonchev–Trinajstić information content (AvgIpc) is 3.41. The van der Waals surface area contributed by atoms with Crippen molar-refractivity contribution in [2.75, 3.05) is 55.2 Å². The van der Waals surface area contributed by atoms with Crippen LogP contribution >= 0.6 is 0 Å². The maximum atomic E-state index is 13.7. The summed E-state index contributed by atoms with van der Waals surface area (Å²) in [6, 6.07) is 6.50. The number of aliphatic hydroxyl groups excluding tert-OH is 1. The van der Waals surface area contributed by atoms with E-state index in [1.807, 2.05) is 0 Å². The van der Waals surface area contributed by atoms with E-state index in [2.05, 4.69) is 11.8 Å². The second-order valence-corrected chi connectivity index (χ2v) is 14.2. The number of carbonyl (C=O) groups excluding carboxylic acids is 1. The van der Waals surface area contributed by atoms with Crippen LogP contribution in [0.2, 0.25) is 0 Å². The first-order chi connectivity index (χ1) is 21.1. The van der Waals surface area contributed by atoms with E-state index in [0.717, 1.165) is 0 Å². The minimum atomic E-state index is -1.54. The number of hydrogen-bond acceptors (Lipinski definition) is 11. The van der Waals surface area contributed by atoms with Gasteiger partial charge in [0.25, 0.3) is 0 Å². The van der Waals surface area contributed by atoms with Gasteiger partial charge in [0.05, 0.1) is 49.3 Å². The van der Waals surface area contributed by atoms with Crippen LogP contribution in [-0.2, 0) is 23.7 Å². The molecule has 11 nitrogen and oxygen atoms in total. The standard InChI is InChI=1S/C33H47NO10/c1-7-34-15-30(16-39-2)20(35)12-21(41-4)33-19-13-31(37)22(42-5)14-32(38,24(27(33)34)25(43-6)26(30)33)23(19)28(31)44-29(36)17-8-10-18(40-3)11-9-17/h8-11,19-28,35,37-38H,7,12-16H2,1-6H3/t19-,20-,21+,22+,23-,24?,25+,26-,27?,28+,30+,31-,32-,33?/m1/s1. The van der Waals surface area contributed by atoms with Crippen LogP contribution in [0.3, 0.4) is 0 Å². The van der Waals surface area contributed by atoms with Gasteiger partial charge < -0.3 is 43.7 Å². The van der Waals surface area contributed by atoms with E-state index in [1.54, 1.807) is 52.7 Å². The van der Waals surface area contributed by atoms with E-state index in [0.29, 0.717) is 37.4 Å². The van der Waals surface area contributed by atoms with E-state index in [4.69, 9.17) is 28.4 Å². The summed E-state index contributed by atoms with van der Waals surface area (Å²) in [5, 5.41) is 37.7. The highest BCUT2D eigenvalue weighted by Gasteiger charge is 2.89. The summed E-state index contributed by atoms with van der Waals surface area (Å²) in [6.07, 6.45) is -2.51. The molecule has 14 atom stereocenters. The number of nitrogens with zero attached hydrogens (tertiary/aromatic N) is 1. The highest BCUT2D eigenvalue weighted by atomic mass is 16.6. The van der Waals surface area contributed by atoms with E-state index >= 15 is 0 Å². The zero-order valence-electron chi connectivity index (χ0n) is 26.5. The lowest BCUT2D eigenvalue weighted by Gasteiger charge is -2.70. The fourth-order valence-electron chi connectivity index (χ4n) is 12.0. The molecule has 0 aromatic heterocycles. The number of carbonyl (C=O) groups is 1. The Morgan fingerprint density at radius 3 is 2.25 bits per heavy atom. The second kappa shape index (κ2) is 10.3. The van der Waals surface area contributed by atoms with Gasteiger partial charge in [-0.15, -0.1) is 0 Å². The number of rotatable bonds is 9. The molecule has 3 N–H and O–H groups in total. The third kappa shape index (κ3) is 3.48. The minimum absolute atomic E-state index is 0.146. The molecule has 1 aliphatic heterocycles. The maximum absolute atomic E-state index is 13.7. The van der Waals surface area contributed by atoms with Crippen LogP contribution in [0.1, 0.15) is 36.5 Å². The number of piperidine rings is 1. The molecule has 6 fully saturated rings. The summed E-state index contributed by atoms with van der Waals surface area (Å²) in [5.74, 6) is -1.54. The molecule has 44 heavy (non-hydrogen) atoms. The topological polar surface area (TPSA) is 136 Å². The third-order valence-electron chi connectivity index (χ3n) is 13.1. The van der Waals surface area contributed by atoms with Crippen molar-refractivity contribution in [2.45, 2.75) is 73.9 Å². The van der Waals surface area contributed by atoms with Crippen molar-refractivity contribution in [3.8, 4) is 5.75 Å². The maximum Gasteiger partial charge on any atom is 0.338 e. The number of fused-ring (bicyclic) bond motifs is 2. The van der Waals surface area contributed by atoms with Gasteiger partial charge in [-0.05, 0) is 43.1 Å². The summed E-state index contributed by atoms with van der Waals surface area (Å²) < 4.78 is 36.2. The van der Waals surface area contributed by atoms with Gasteiger partial charge in [-0.25, -0.2) is 4.79 Å². The third-order valence-corrected chi connectivity index (χ3v) is 13.1. The number of ether oxygens (including phenoxy) is 6. The molecule has 1 saturated heterocycles. The molecule has 11 heteroatoms. The molecule has 6 aliphatic rings. The largest absolute Gasteiger partial charge is 0.497 e. The number of methoxy groups -OCH3 is 5. The van der Waals surface area contributed by atoms with Gasteiger partial charge in [-0.3, -0.25) is 4.90 Å². The van der Waals surface area contributed by atoms with Gasteiger partial charge >= 0.3 is 5.97 Å². The van der Waals surface area contributed by atoms with Gasteiger partial charge in [-0.2, -0.15) is 0 Å². The Bertz CT molecular complexity index is 1280. The van der Waals surface area contributed by atoms with Crippen molar-refractivity contribution in [2.24, 2.45) is 34.5 Å². The van der Waals surface area contributed by atoms with Gasteiger partial charge in [0.2, 0.25) is 0 Å². The van der Waals surface area contributed by atoms with E-state index in [1.165, 1.54) is 7.11 Å². The van der Waals surface area contributed by atoms with Crippen LogP contribution < -0.4 is 4.74 Å². The van der Waals surface area contributed by atoms with Crippen LogP contribution in [0.4, 0.5) is 0 Å². The van der Waals surface area contributed by atoms with Crippen molar-refractivity contribution in [1.82, 2.24) is 4.90 Å². The Morgan fingerprint density at radius 2 is 1.66 bits per heavy atom. The van der Waals surface area contributed by atoms with Gasteiger partial charge in [-0.1, -0.05) is 6.92 Å². The Morgan fingerprint density at radius 1 is 0.955 bits per heavy atom. The zero-order chi connectivity index (χ0) is 31.4. The van der Waals surface area contributed by atoms with E-state index in [9.17, 15) is 20.1 Å². The lowest BCUT2D eigenvalue weighted by molar-refractivity contribution is -0.298. The molecule has 5 aliphatic carbocycles. The summed E-state index contributed by atoms with van der Waals surface area (Å²) in [4.78, 5) is 16.1. The Hall–Kier alpha value is -1.83. The Balaban J connectivity index is 1.42. The molecular weight excluding hydrogens is 570 g/mol. The smallest absolute Gasteiger partial charge is 0.338 e. The van der Waals surface area contributed by atoms with Crippen LogP contribution in [0.25, 0.3) is 0 Å². The highest BCUT2D eigenvalue weighted by molar-refractivity contribution is 5.89. The van der Waals surface area contributed by atoms with Crippen LogP contribution in [0.5, 0.6) is 5.75 Å². The predicted molar refractivity (Wildman–Crippen MR) is 156 cm³/mol. The molecule has 3 unspecified atom stereocenters. The molecular formula is C33H47NO10. The quantitative estimate of drug-likeness (QED) is 0.344. The fourth-order valence-corrected chi connectivity index (χ4v) is 12.0. The van der Waals surface area contributed by atoms with Gasteiger partial charge in [0, 0.05) is 82.5 Å². The Labute approximate surface area is 258 Å². The number of benzene rings is 1. The normalized spacial score (nSPS) is 50.0. The minimum Gasteiger partial charge on any atom is -0.497 e. The number of likely N-dealkylation sites (tertiary alicyclic amines) is 1. The first-order valence-electron chi connectivity index (χ1n) is 15.9. The molecule has 7 rings (SSSR count). The molecule has 1 aromatic carbocycles. The van der Waals surface area contributed by atoms with E-state index < -0.39 is 64.3 Å². The first kappa shape index (κ1) is 30.8. The van der Waals surface area contributed by atoms with Crippen molar-refractivity contribution in [3.05, 3.63) is 29.8 Å². The number of hydrogen-bond donors (Lipinski definition) is 3. The Kier molecular flexibility index (Phi) is 7.24. The molecule has 1 spiro atoms. The molecule has 1 aromatic rings. The number of aliphatic hydroxyl groups is 3. The number of esters is 1. The summed E-state index contributed by atoms with van der Waals surface area (Å²) in [7, 11) is 8.13. The highest BCUT2D eigenvalue weighted by Crippen LogP contribution is 2.80. The first-order valence-corrected chi connectivity index (χ1v) is 15.9. The van der Waals surface area contributed by atoms with Gasteiger partial charge in [0.1, 0.15) is 17.5 Å². The SMILES string of the molecule is CCN1C[C@]2(COC)[C@H](O)C[C@H](OC)C34C1C([C@H](OC)[C@@H]32)[C@@]1(O)C[C@H](OC)[C@]2(O)C[C@@H]4[C@@H]1[C@@H]2OC(=O)c1ccc(OC)cc1. The molecule has 5 saturated carbocycles. The van der Waals surface area contributed by atoms with Crippen molar-refractivity contribution in [1.29, 1.82) is 0 Å². The fraction of sp³-hybridized carbons (Fsp3) is 0.788. The second-order valence-electron chi connectivity index (χ2n) is 14.2. The molecule has 244 valence electrons. The lowest BCUT2D eigenvalue weighted by atomic mass is 9.42. The summed E-state index contributed by atoms with van der Waals surface area (Å²) in [6.45, 7) is 3.73. The summed E-state index contributed by atoms with van der Waals surface area (Å²) >= 11 is 0. The van der Waals surface area contributed by atoms with Crippen molar-refractivity contribution >= 4 is 5.97 Å². The van der Waals surface area contributed by atoms with Crippen molar-refractivity contribution in [3.63, 3.8) is 0 Å². The van der Waals surface area contributed by atoms with Gasteiger partial charge in [0.15, 0.2) is 0 Å². The lowest BCUT2D eigenvalue weighted by Crippen LogP contribution is -2.79. The molecule has 1 heterocycles. The van der Waals surface area contributed by atoms with Crippen molar-refractivity contribution < 1.29 is 48.5 Å². The van der Waals surface area contributed by atoms with Crippen LogP contribution in [0.15, 0.2) is 24.3 Å². The monoisotopic (exact) mass is 617 g/mol. The van der Waals surface area contributed by atoms with Crippen LogP contribution in [-0.4, -0.2) is 129 Å². The zero-order valence-corrected chi connectivity index (χ0v) is 26.5. The average molecular weight is 618 g/mol.